The SMILES string of the molecule is COc1cc2cc(c1OC)CCCNC(=O)CCC[C@H]1[C@@H]3C[C@@H](CN(C(=O)c4cnc5cccnn45)C3)CN1C(=O)CC2. The number of aromatic nitrogens is 3. The Labute approximate surface area is 251 Å². The number of nitrogens with zero attached hydrogens (tertiary/aromatic N) is 5. The van der Waals surface area contributed by atoms with Crippen LogP contribution in [-0.4, -0.2) is 88.6 Å². The predicted octanol–water partition coefficient (Wildman–Crippen LogP) is 2.90. The number of aryl methyl sites for hydroxylation is 2. The van der Waals surface area contributed by atoms with Crippen molar-refractivity contribution in [3.05, 3.63) is 53.5 Å². The summed E-state index contributed by atoms with van der Waals surface area (Å²) >= 11 is 0. The van der Waals surface area contributed by atoms with Gasteiger partial charge in [0.05, 0.1) is 20.4 Å². The molecule has 3 atom stereocenters. The summed E-state index contributed by atoms with van der Waals surface area (Å²) in [6, 6.07) is 7.66. The first-order chi connectivity index (χ1) is 20.9. The topological polar surface area (TPSA) is 118 Å². The number of carbonyl (C=O) groups is 3. The van der Waals surface area contributed by atoms with Crippen LogP contribution in [0.25, 0.3) is 5.65 Å². The van der Waals surface area contributed by atoms with Gasteiger partial charge < -0.3 is 24.6 Å². The summed E-state index contributed by atoms with van der Waals surface area (Å²) in [5, 5.41) is 7.38. The van der Waals surface area contributed by atoms with Gasteiger partial charge >= 0.3 is 0 Å². The van der Waals surface area contributed by atoms with E-state index in [0.717, 1.165) is 36.8 Å². The third-order valence-electron chi connectivity index (χ3n) is 9.17. The Morgan fingerprint density at radius 3 is 2.74 bits per heavy atom. The minimum Gasteiger partial charge on any atom is -0.493 e. The zero-order chi connectivity index (χ0) is 29.9. The number of rotatable bonds is 3. The van der Waals surface area contributed by atoms with Crippen molar-refractivity contribution in [2.24, 2.45) is 11.8 Å². The van der Waals surface area contributed by atoms with E-state index in [1.807, 2.05) is 17.0 Å². The van der Waals surface area contributed by atoms with Crippen molar-refractivity contribution in [3.8, 4) is 11.5 Å². The zero-order valence-corrected chi connectivity index (χ0v) is 25.0. The molecule has 5 heterocycles. The number of amides is 3. The summed E-state index contributed by atoms with van der Waals surface area (Å²) in [6.45, 7) is 2.35. The van der Waals surface area contributed by atoms with Crippen LogP contribution in [0.3, 0.4) is 0 Å². The van der Waals surface area contributed by atoms with Gasteiger partial charge in [-0.1, -0.05) is 6.07 Å². The molecule has 11 nitrogen and oxygen atoms in total. The number of piperidine rings is 2. The maximum atomic E-state index is 13.8. The predicted molar refractivity (Wildman–Crippen MR) is 159 cm³/mol. The maximum Gasteiger partial charge on any atom is 0.274 e. The van der Waals surface area contributed by atoms with E-state index in [1.54, 1.807) is 37.2 Å². The number of benzene rings is 1. The Hall–Kier alpha value is -4.15. The van der Waals surface area contributed by atoms with Crippen LogP contribution in [0.4, 0.5) is 0 Å². The van der Waals surface area contributed by atoms with Gasteiger partial charge in [-0.15, -0.1) is 0 Å². The highest BCUT2D eigenvalue weighted by Gasteiger charge is 2.43. The molecule has 0 spiro atoms. The molecule has 3 aliphatic rings. The highest BCUT2D eigenvalue weighted by molar-refractivity contribution is 5.93. The van der Waals surface area contributed by atoms with Crippen LogP contribution in [-0.2, 0) is 22.4 Å². The molecule has 0 unspecified atom stereocenters. The molecular formula is C32H40N6O5. The lowest BCUT2D eigenvalue weighted by atomic mass is 9.77. The van der Waals surface area contributed by atoms with E-state index >= 15 is 0 Å². The van der Waals surface area contributed by atoms with Crippen molar-refractivity contribution in [3.63, 3.8) is 0 Å². The molecule has 2 aromatic heterocycles. The van der Waals surface area contributed by atoms with Gasteiger partial charge in [0.1, 0.15) is 0 Å². The highest BCUT2D eigenvalue weighted by atomic mass is 16.5. The van der Waals surface area contributed by atoms with E-state index in [2.05, 4.69) is 26.4 Å². The normalized spacial score (nSPS) is 23.4. The molecule has 2 saturated heterocycles. The molecule has 43 heavy (non-hydrogen) atoms. The second kappa shape index (κ2) is 12.6. The summed E-state index contributed by atoms with van der Waals surface area (Å²) in [7, 11) is 3.26. The number of likely N-dealkylation sites (tertiary alicyclic amines) is 1. The lowest BCUT2D eigenvalue weighted by molar-refractivity contribution is -0.140. The van der Waals surface area contributed by atoms with Crippen molar-refractivity contribution in [2.75, 3.05) is 40.4 Å². The Balaban J connectivity index is 1.23. The molecule has 0 radical (unpaired) electrons. The first-order valence-electron chi connectivity index (χ1n) is 15.3. The van der Waals surface area contributed by atoms with Crippen LogP contribution in [0.5, 0.6) is 11.5 Å². The molecule has 228 valence electrons. The van der Waals surface area contributed by atoms with E-state index in [-0.39, 0.29) is 35.6 Å². The molecule has 2 fully saturated rings. The Bertz CT molecular complexity index is 1500. The quantitative estimate of drug-likeness (QED) is 0.500. The lowest BCUT2D eigenvalue weighted by Crippen LogP contribution is -2.60. The smallest absolute Gasteiger partial charge is 0.274 e. The molecule has 6 rings (SSSR count). The third kappa shape index (κ3) is 6.03. The summed E-state index contributed by atoms with van der Waals surface area (Å²) in [5.74, 6) is 1.75. The van der Waals surface area contributed by atoms with Gasteiger partial charge in [-0.05, 0) is 79.7 Å². The van der Waals surface area contributed by atoms with Gasteiger partial charge in [0.2, 0.25) is 11.8 Å². The Morgan fingerprint density at radius 1 is 1.02 bits per heavy atom. The van der Waals surface area contributed by atoms with Crippen LogP contribution in [0.15, 0.2) is 36.7 Å². The molecule has 0 aliphatic carbocycles. The number of carbonyl (C=O) groups excluding carboxylic acids is 3. The standard InChI is InChI=1S/C32H40N6O5/c1-42-27-16-21-10-11-30(40)37-19-22-15-24(20-36(18-22)32(41)26-17-34-28-8-5-13-35-38(26)28)25(37)7-3-9-29(39)33-12-4-6-23(14-21)31(27)43-2/h5,8,13-14,16-17,22,24-25H,3-4,6-7,9-12,15,18-20H2,1-2H3,(H,33,39)/t22-,24+,25-/m0/s1. The molecule has 4 bridgehead atoms. The number of hydrogen-bond acceptors (Lipinski definition) is 7. The van der Waals surface area contributed by atoms with E-state index in [9.17, 15) is 14.4 Å². The third-order valence-corrected chi connectivity index (χ3v) is 9.17. The van der Waals surface area contributed by atoms with Crippen molar-refractivity contribution in [2.45, 2.75) is 57.4 Å². The van der Waals surface area contributed by atoms with Gasteiger partial charge in [0.15, 0.2) is 22.8 Å². The number of imidazole rings is 1. The highest BCUT2D eigenvalue weighted by Crippen LogP contribution is 2.37. The first-order valence-corrected chi connectivity index (χ1v) is 15.3. The van der Waals surface area contributed by atoms with Crippen molar-refractivity contribution >= 4 is 23.4 Å². The average Bonchev–Trinajstić information content (AvgIpc) is 3.45. The molecule has 3 amide bonds. The maximum absolute atomic E-state index is 13.8. The molecule has 3 aromatic rings. The number of ether oxygens (including phenoxy) is 2. The molecule has 1 N–H and O–H groups in total. The van der Waals surface area contributed by atoms with E-state index < -0.39 is 0 Å². The molecular weight excluding hydrogens is 548 g/mol. The van der Waals surface area contributed by atoms with Gasteiger partial charge in [0, 0.05) is 51.3 Å². The molecule has 11 heteroatoms. The van der Waals surface area contributed by atoms with Crippen LogP contribution < -0.4 is 14.8 Å². The largest absolute Gasteiger partial charge is 0.493 e. The monoisotopic (exact) mass is 588 g/mol. The molecule has 0 saturated carbocycles. The van der Waals surface area contributed by atoms with Crippen LogP contribution in [0.2, 0.25) is 0 Å². The summed E-state index contributed by atoms with van der Waals surface area (Å²) in [4.78, 5) is 48.5. The fourth-order valence-electron chi connectivity index (χ4n) is 7.21. The number of fused-ring (bicyclic) bond motifs is 7. The van der Waals surface area contributed by atoms with E-state index in [1.165, 1.54) is 0 Å². The average molecular weight is 589 g/mol. The Kier molecular flexibility index (Phi) is 8.49. The van der Waals surface area contributed by atoms with Crippen LogP contribution in [0, 0.1) is 11.8 Å². The fraction of sp³-hybridized carbons (Fsp3) is 0.531. The van der Waals surface area contributed by atoms with Gasteiger partial charge in [-0.25, -0.2) is 9.50 Å². The van der Waals surface area contributed by atoms with Gasteiger partial charge in [-0.3, -0.25) is 14.4 Å². The Morgan fingerprint density at radius 2 is 1.91 bits per heavy atom. The molecule has 3 aliphatic heterocycles. The van der Waals surface area contributed by atoms with Gasteiger partial charge in [0.25, 0.3) is 5.91 Å². The van der Waals surface area contributed by atoms with Crippen LogP contribution in [0.1, 0.15) is 60.1 Å². The van der Waals surface area contributed by atoms with Crippen molar-refractivity contribution in [1.29, 1.82) is 0 Å². The number of methoxy groups -OCH3 is 2. The minimum atomic E-state index is -0.0856. The summed E-state index contributed by atoms with van der Waals surface area (Å²) < 4.78 is 12.9. The van der Waals surface area contributed by atoms with E-state index in [0.29, 0.717) is 74.7 Å². The van der Waals surface area contributed by atoms with E-state index in [4.69, 9.17) is 9.47 Å². The fourth-order valence-corrected chi connectivity index (χ4v) is 7.21. The lowest BCUT2D eigenvalue weighted by Gasteiger charge is -2.51. The summed E-state index contributed by atoms with van der Waals surface area (Å²) in [5.41, 5.74) is 3.14. The van der Waals surface area contributed by atoms with Crippen molar-refractivity contribution < 1.29 is 23.9 Å². The molecule has 1 aromatic carbocycles. The van der Waals surface area contributed by atoms with Gasteiger partial charge in [-0.2, -0.15) is 5.10 Å². The second-order valence-corrected chi connectivity index (χ2v) is 12.0. The summed E-state index contributed by atoms with van der Waals surface area (Å²) in [6.07, 6.45) is 8.56. The van der Waals surface area contributed by atoms with Crippen molar-refractivity contribution in [1.82, 2.24) is 29.7 Å². The first kappa shape index (κ1) is 28.9. The second-order valence-electron chi connectivity index (χ2n) is 12.0. The zero-order valence-electron chi connectivity index (χ0n) is 25.0. The minimum absolute atomic E-state index is 0.0255. The number of hydrogen-bond donors (Lipinski definition) is 1. The van der Waals surface area contributed by atoms with Crippen LogP contribution >= 0.6 is 0 Å². The number of nitrogens with one attached hydrogen (secondary N) is 1.